The van der Waals surface area contributed by atoms with Crippen LogP contribution in [0.5, 0.6) is 0 Å². The second-order valence-electron chi connectivity index (χ2n) is 8.05. The molecular formula is C27H14F5O3P. The molecule has 0 bridgehead atoms. The number of benzene rings is 5. The Labute approximate surface area is 200 Å². The molecular weight excluding hydrogens is 498 g/mol. The molecule has 0 aliphatic rings. The van der Waals surface area contributed by atoms with Crippen LogP contribution in [0.4, 0.5) is 22.0 Å². The highest BCUT2D eigenvalue weighted by Crippen LogP contribution is 2.40. The molecule has 3 nitrogen and oxygen atoms in total. The normalized spacial score (nSPS) is 11.7. The van der Waals surface area contributed by atoms with Gasteiger partial charge in [-0.25, -0.2) is 22.0 Å². The highest BCUT2D eigenvalue weighted by Gasteiger charge is 2.26. The summed E-state index contributed by atoms with van der Waals surface area (Å²) in [4.78, 5) is 0. The van der Waals surface area contributed by atoms with Gasteiger partial charge in [0.1, 0.15) is 11.2 Å². The van der Waals surface area contributed by atoms with Gasteiger partial charge in [-0.3, -0.25) is 4.52 Å². The summed E-state index contributed by atoms with van der Waals surface area (Å²) in [6.07, 6.45) is 0. The largest absolute Gasteiger partial charge is 0.399 e. The lowest BCUT2D eigenvalue weighted by Gasteiger charge is -2.07. The van der Waals surface area contributed by atoms with Gasteiger partial charge in [0, 0.05) is 10.8 Å². The quantitative estimate of drug-likeness (QED) is 0.135. The predicted molar refractivity (Wildman–Crippen MR) is 128 cm³/mol. The first-order valence-corrected chi connectivity index (χ1v) is 11.9. The summed E-state index contributed by atoms with van der Waals surface area (Å²) in [5, 5.41) is 5.15. The van der Waals surface area contributed by atoms with Crippen molar-refractivity contribution in [3.05, 3.63) is 107 Å². The molecule has 6 rings (SSSR count). The van der Waals surface area contributed by atoms with Gasteiger partial charge in [-0.05, 0) is 33.7 Å². The first kappa shape index (κ1) is 22.6. The number of fused-ring (bicyclic) bond motifs is 7. The highest BCUT2D eigenvalue weighted by atomic mass is 31.1. The van der Waals surface area contributed by atoms with Crippen LogP contribution in [0.1, 0.15) is 5.56 Å². The third kappa shape index (κ3) is 3.53. The highest BCUT2D eigenvalue weighted by molar-refractivity contribution is 7.31. The van der Waals surface area contributed by atoms with Crippen LogP contribution in [0.25, 0.3) is 43.5 Å². The second kappa shape index (κ2) is 8.66. The van der Waals surface area contributed by atoms with Crippen molar-refractivity contribution >= 4 is 51.7 Å². The van der Waals surface area contributed by atoms with E-state index in [0.29, 0.717) is 11.2 Å². The molecule has 0 saturated heterocycles. The van der Waals surface area contributed by atoms with Gasteiger partial charge in [-0.15, -0.1) is 0 Å². The Morgan fingerprint density at radius 2 is 1.00 bits per heavy atom. The van der Waals surface area contributed by atoms with Crippen LogP contribution < -0.4 is 4.52 Å². The van der Waals surface area contributed by atoms with E-state index >= 15 is 0 Å². The maximum absolute atomic E-state index is 14.2. The Balaban J connectivity index is 1.62. The van der Waals surface area contributed by atoms with Gasteiger partial charge in [0.2, 0.25) is 5.82 Å². The maximum atomic E-state index is 14.2. The van der Waals surface area contributed by atoms with E-state index in [0.717, 1.165) is 32.3 Å². The molecule has 6 aromatic rings. The SMILES string of the molecule is Fc1c(F)c(F)c(COp2oc3ccc4ccccc4c3c3c(ccc4ccccc43)o2)c(F)c1F. The summed E-state index contributed by atoms with van der Waals surface area (Å²) in [6, 6.07) is 22.5. The molecule has 180 valence electrons. The zero-order valence-electron chi connectivity index (χ0n) is 18.2. The van der Waals surface area contributed by atoms with Gasteiger partial charge in [0.05, 0.1) is 12.2 Å². The van der Waals surface area contributed by atoms with Crippen molar-refractivity contribution in [1.29, 1.82) is 0 Å². The summed E-state index contributed by atoms with van der Waals surface area (Å²) in [7, 11) is -2.33. The molecule has 1 heterocycles. The first-order valence-electron chi connectivity index (χ1n) is 10.8. The molecule has 0 aliphatic heterocycles. The van der Waals surface area contributed by atoms with Crippen molar-refractivity contribution in [3.8, 4) is 0 Å². The van der Waals surface area contributed by atoms with Gasteiger partial charge in [-0.1, -0.05) is 60.7 Å². The van der Waals surface area contributed by atoms with E-state index in [2.05, 4.69) is 0 Å². The number of hydrogen-bond donors (Lipinski definition) is 0. The fourth-order valence-electron chi connectivity index (χ4n) is 4.30. The lowest BCUT2D eigenvalue weighted by Crippen LogP contribution is -2.09. The monoisotopic (exact) mass is 512 g/mol. The van der Waals surface area contributed by atoms with E-state index in [1.165, 1.54) is 0 Å². The van der Waals surface area contributed by atoms with Crippen LogP contribution in [0.15, 0.2) is 81.2 Å². The van der Waals surface area contributed by atoms with Crippen molar-refractivity contribution in [2.75, 3.05) is 0 Å². The molecule has 9 heteroatoms. The molecule has 0 unspecified atom stereocenters. The molecule has 36 heavy (non-hydrogen) atoms. The molecule has 0 amide bonds. The van der Waals surface area contributed by atoms with Gasteiger partial charge in [-0.2, -0.15) is 0 Å². The molecule has 1 aromatic heterocycles. The van der Waals surface area contributed by atoms with Crippen LogP contribution in [-0.4, -0.2) is 0 Å². The van der Waals surface area contributed by atoms with Crippen molar-refractivity contribution in [3.63, 3.8) is 0 Å². The average molecular weight is 512 g/mol. The Kier molecular flexibility index (Phi) is 5.43. The fourth-order valence-corrected chi connectivity index (χ4v) is 5.30. The first-order chi connectivity index (χ1) is 17.4. The molecule has 0 atom stereocenters. The van der Waals surface area contributed by atoms with Gasteiger partial charge >= 0.3 is 8.24 Å². The summed E-state index contributed by atoms with van der Waals surface area (Å²) < 4.78 is 86.6. The number of halogens is 5. The van der Waals surface area contributed by atoms with E-state index in [9.17, 15) is 22.0 Å². The van der Waals surface area contributed by atoms with Crippen LogP contribution in [0, 0.1) is 29.1 Å². The minimum Gasteiger partial charge on any atom is -0.399 e. The minimum atomic E-state index is -2.33. The topological polar surface area (TPSA) is 35.5 Å². The van der Waals surface area contributed by atoms with E-state index in [4.69, 9.17) is 12.9 Å². The second-order valence-corrected chi connectivity index (χ2v) is 9.12. The third-order valence-electron chi connectivity index (χ3n) is 5.99. The lowest BCUT2D eigenvalue weighted by molar-refractivity contribution is 0.320. The van der Waals surface area contributed by atoms with Crippen molar-refractivity contribution < 1.29 is 34.9 Å². The van der Waals surface area contributed by atoms with Crippen molar-refractivity contribution in [2.45, 2.75) is 6.61 Å². The van der Waals surface area contributed by atoms with E-state index < -0.39 is 49.5 Å². The summed E-state index contributed by atoms with van der Waals surface area (Å²) in [5.41, 5.74) is -0.317. The number of rotatable bonds is 3. The summed E-state index contributed by atoms with van der Waals surface area (Å²) in [5.74, 6) is -10.3. The Morgan fingerprint density at radius 1 is 0.556 bits per heavy atom. The van der Waals surface area contributed by atoms with Gasteiger partial charge in [0.15, 0.2) is 23.3 Å². The predicted octanol–water partition coefficient (Wildman–Crippen LogP) is 8.92. The minimum absolute atomic E-state index is 0.396. The Morgan fingerprint density at radius 3 is 1.50 bits per heavy atom. The molecule has 0 saturated carbocycles. The standard InChI is InChI=1S/C27H14F5O3P/c28-23-18(24(29)26(31)27(32)25(23)30)13-33-36-34-19-11-9-14-5-1-3-7-16(14)21(19)22-17-8-4-2-6-15(17)10-12-20(22)35-36/h1-12H,13H2. The molecule has 0 radical (unpaired) electrons. The van der Waals surface area contributed by atoms with Crippen LogP contribution in [0.3, 0.4) is 0 Å². The Bertz CT molecular complexity index is 1740. The zero-order valence-corrected chi connectivity index (χ0v) is 19.1. The summed E-state index contributed by atoms with van der Waals surface area (Å²) >= 11 is 0. The van der Waals surface area contributed by atoms with Crippen molar-refractivity contribution in [2.24, 2.45) is 0 Å². The van der Waals surface area contributed by atoms with E-state index in [1.807, 2.05) is 60.7 Å². The summed E-state index contributed by atoms with van der Waals surface area (Å²) in [6.45, 7) is -0.955. The van der Waals surface area contributed by atoms with Crippen LogP contribution >= 0.6 is 8.24 Å². The molecule has 0 aliphatic carbocycles. The van der Waals surface area contributed by atoms with Gasteiger partial charge < -0.3 is 8.39 Å². The average Bonchev–Trinajstić information content (AvgIpc) is 3.07. The third-order valence-corrected chi connectivity index (χ3v) is 7.02. The van der Waals surface area contributed by atoms with Crippen molar-refractivity contribution in [1.82, 2.24) is 0 Å². The van der Waals surface area contributed by atoms with Crippen LogP contribution in [-0.2, 0) is 6.61 Å². The smallest absolute Gasteiger partial charge is 0.387 e. The number of hydrogen-bond acceptors (Lipinski definition) is 3. The molecule has 0 spiro atoms. The van der Waals surface area contributed by atoms with E-state index in [1.54, 1.807) is 12.1 Å². The molecule has 0 N–H and O–H groups in total. The molecule has 5 aromatic carbocycles. The van der Waals surface area contributed by atoms with E-state index in [-0.39, 0.29) is 0 Å². The van der Waals surface area contributed by atoms with Gasteiger partial charge in [0.25, 0.3) is 0 Å². The maximum Gasteiger partial charge on any atom is 0.387 e. The van der Waals surface area contributed by atoms with Crippen LogP contribution in [0.2, 0.25) is 0 Å². The fraction of sp³-hybridized carbons (Fsp3) is 0.0370. The molecule has 0 fully saturated rings. The zero-order chi connectivity index (χ0) is 25.0. The Hall–Kier alpha value is -3.87. The lowest BCUT2D eigenvalue weighted by atomic mass is 9.99.